The van der Waals surface area contributed by atoms with Crippen LogP contribution >= 0.6 is 0 Å². The number of alkyl halides is 2. The molecule has 2 N–H and O–H groups in total. The molecule has 4 heterocycles. The fourth-order valence-corrected chi connectivity index (χ4v) is 6.00. The Bertz CT molecular complexity index is 1250. The predicted molar refractivity (Wildman–Crippen MR) is 141 cm³/mol. The molecular weight excluding hydrogens is 508 g/mol. The molecule has 0 aliphatic carbocycles. The smallest absolute Gasteiger partial charge is 0.411 e. The first-order valence-corrected chi connectivity index (χ1v) is 13.4. The van der Waals surface area contributed by atoms with Crippen LogP contribution in [0.15, 0.2) is 30.3 Å². The zero-order chi connectivity index (χ0) is 28.1. The first kappa shape index (κ1) is 27.1. The van der Waals surface area contributed by atoms with Crippen LogP contribution in [0.5, 0.6) is 5.75 Å². The Balaban J connectivity index is 1.29. The summed E-state index contributed by atoms with van der Waals surface area (Å²) in [7, 11) is 1.79. The highest BCUT2D eigenvalue weighted by atomic mass is 19.3. The molecule has 3 aliphatic heterocycles. The largest absolute Gasteiger partial charge is 0.507 e. The second kappa shape index (κ2) is 9.91. The summed E-state index contributed by atoms with van der Waals surface area (Å²) < 4.78 is 35.2. The van der Waals surface area contributed by atoms with Crippen LogP contribution in [0.1, 0.15) is 64.4 Å². The van der Waals surface area contributed by atoms with E-state index in [1.165, 1.54) is 4.90 Å². The third-order valence-corrected chi connectivity index (χ3v) is 7.94. The molecule has 5 rings (SSSR count). The molecular formula is C28H35F2N5O4. The molecule has 3 fully saturated rings. The standard InChI is InChI=1S/C28H35F2N5O4/c1-27(2,3)39-26(38)35-19-13-18(14-23(35)28(29,30)15-19)34(4)24-8-7-21(32-33-24)20-6-5-16(11-22(20)36)17-9-10-31-25(37)12-17/h5-8,11,17-19,23,36H,9-10,12-15H2,1-4H3,(H,31,37)/t17-,18+,19-,23+/m0/s1. The van der Waals surface area contributed by atoms with Crippen LogP contribution in [0.2, 0.25) is 0 Å². The molecule has 0 unspecified atom stereocenters. The Morgan fingerprint density at radius 1 is 1.21 bits per heavy atom. The molecule has 1 aromatic heterocycles. The number of aromatic nitrogens is 2. The number of fused-ring (bicyclic) bond motifs is 2. The number of nitrogens with zero attached hydrogens (tertiary/aromatic N) is 4. The average Bonchev–Trinajstić information content (AvgIpc) is 3.03. The molecule has 4 atom stereocenters. The summed E-state index contributed by atoms with van der Waals surface area (Å²) in [6.45, 7) is 5.78. The summed E-state index contributed by atoms with van der Waals surface area (Å²) in [5.74, 6) is -2.35. The quantitative estimate of drug-likeness (QED) is 0.587. The molecule has 2 bridgehead atoms. The van der Waals surface area contributed by atoms with Crippen molar-refractivity contribution >= 4 is 17.8 Å². The van der Waals surface area contributed by atoms with E-state index in [9.17, 15) is 23.5 Å². The van der Waals surface area contributed by atoms with Crippen molar-refractivity contribution in [2.75, 3.05) is 18.5 Å². The second-order valence-corrected chi connectivity index (χ2v) is 11.9. The number of nitrogens with one attached hydrogen (secondary N) is 1. The Morgan fingerprint density at radius 2 is 1.97 bits per heavy atom. The first-order chi connectivity index (χ1) is 18.3. The van der Waals surface area contributed by atoms with Gasteiger partial charge in [-0.15, -0.1) is 10.2 Å². The molecule has 39 heavy (non-hydrogen) atoms. The molecule has 0 radical (unpaired) electrons. The zero-order valence-electron chi connectivity index (χ0n) is 22.7. The highest BCUT2D eigenvalue weighted by molar-refractivity contribution is 5.78. The van der Waals surface area contributed by atoms with Gasteiger partial charge in [-0.25, -0.2) is 13.6 Å². The van der Waals surface area contributed by atoms with Crippen molar-refractivity contribution in [1.82, 2.24) is 20.4 Å². The number of anilines is 1. The number of rotatable bonds is 4. The zero-order valence-corrected chi connectivity index (χ0v) is 22.7. The maximum atomic E-state index is 14.9. The second-order valence-electron chi connectivity index (χ2n) is 11.9. The first-order valence-electron chi connectivity index (χ1n) is 13.4. The highest BCUT2D eigenvalue weighted by Crippen LogP contribution is 2.47. The van der Waals surface area contributed by atoms with Crippen molar-refractivity contribution in [2.24, 2.45) is 0 Å². The van der Waals surface area contributed by atoms with Crippen molar-refractivity contribution in [3.05, 3.63) is 35.9 Å². The van der Waals surface area contributed by atoms with Crippen LogP contribution in [0.25, 0.3) is 11.3 Å². The summed E-state index contributed by atoms with van der Waals surface area (Å²) in [6, 6.07) is 6.71. The van der Waals surface area contributed by atoms with Crippen LogP contribution in [0, 0.1) is 0 Å². The summed E-state index contributed by atoms with van der Waals surface area (Å²) in [5, 5.41) is 22.1. The van der Waals surface area contributed by atoms with Gasteiger partial charge in [0.2, 0.25) is 5.91 Å². The van der Waals surface area contributed by atoms with Crippen LogP contribution < -0.4 is 10.2 Å². The molecule has 9 nitrogen and oxygen atoms in total. The van der Waals surface area contributed by atoms with E-state index in [1.54, 1.807) is 52.1 Å². The van der Waals surface area contributed by atoms with Crippen molar-refractivity contribution in [1.29, 1.82) is 0 Å². The number of phenolic OH excluding ortho intramolecular Hbond substituents is 1. The average molecular weight is 544 g/mol. The normalized spacial score (nSPS) is 26.2. The Morgan fingerprint density at radius 3 is 2.59 bits per heavy atom. The van der Waals surface area contributed by atoms with Gasteiger partial charge in [-0.2, -0.15) is 0 Å². The van der Waals surface area contributed by atoms with E-state index in [4.69, 9.17) is 4.74 Å². The number of benzene rings is 1. The van der Waals surface area contributed by atoms with Gasteiger partial charge in [0.25, 0.3) is 5.92 Å². The fraction of sp³-hybridized carbons (Fsp3) is 0.571. The van der Waals surface area contributed by atoms with Crippen LogP contribution in [-0.4, -0.2) is 75.4 Å². The molecule has 11 heteroatoms. The Labute approximate surface area is 226 Å². The fourth-order valence-electron chi connectivity index (χ4n) is 6.00. The lowest BCUT2D eigenvalue weighted by Crippen LogP contribution is -2.55. The van der Waals surface area contributed by atoms with Crippen LogP contribution in [0.3, 0.4) is 0 Å². The van der Waals surface area contributed by atoms with E-state index in [0.717, 1.165) is 12.0 Å². The van der Waals surface area contributed by atoms with Crippen LogP contribution in [0.4, 0.5) is 19.4 Å². The lowest BCUT2D eigenvalue weighted by atomic mass is 9.89. The number of phenols is 1. The van der Waals surface area contributed by atoms with Gasteiger partial charge < -0.3 is 20.1 Å². The Hall–Kier alpha value is -3.50. The minimum absolute atomic E-state index is 0.00707. The van der Waals surface area contributed by atoms with Crippen molar-refractivity contribution < 1.29 is 28.2 Å². The van der Waals surface area contributed by atoms with Gasteiger partial charge in [-0.05, 0) is 75.8 Å². The van der Waals surface area contributed by atoms with Crippen molar-refractivity contribution in [3.63, 3.8) is 0 Å². The lowest BCUT2D eigenvalue weighted by Gasteiger charge is -2.42. The molecule has 210 valence electrons. The van der Waals surface area contributed by atoms with Crippen molar-refractivity contribution in [3.8, 4) is 17.0 Å². The molecule has 3 aliphatic rings. The number of amides is 2. The minimum Gasteiger partial charge on any atom is -0.507 e. The minimum atomic E-state index is -2.99. The highest BCUT2D eigenvalue weighted by Gasteiger charge is 2.60. The summed E-state index contributed by atoms with van der Waals surface area (Å²) in [5.41, 5.74) is 1.13. The van der Waals surface area contributed by atoms with Gasteiger partial charge in [0.05, 0.1) is 5.69 Å². The van der Waals surface area contributed by atoms with Gasteiger partial charge in [-0.3, -0.25) is 9.69 Å². The topological polar surface area (TPSA) is 108 Å². The van der Waals surface area contributed by atoms with Gasteiger partial charge >= 0.3 is 6.09 Å². The van der Waals surface area contributed by atoms with Crippen molar-refractivity contribution in [2.45, 2.75) is 88.4 Å². The number of hydrogen-bond acceptors (Lipinski definition) is 7. The van der Waals surface area contributed by atoms with E-state index in [2.05, 4.69) is 15.5 Å². The van der Waals surface area contributed by atoms with E-state index in [-0.39, 0.29) is 36.5 Å². The van der Waals surface area contributed by atoms with E-state index in [1.807, 2.05) is 11.0 Å². The third-order valence-electron chi connectivity index (χ3n) is 7.94. The lowest BCUT2D eigenvalue weighted by molar-refractivity contribution is -0.122. The molecule has 0 spiro atoms. The summed E-state index contributed by atoms with van der Waals surface area (Å²) in [4.78, 5) is 27.5. The van der Waals surface area contributed by atoms with Gasteiger partial charge in [0.1, 0.15) is 17.4 Å². The number of hydrogen-bond donors (Lipinski definition) is 2. The van der Waals surface area contributed by atoms with E-state index in [0.29, 0.717) is 36.5 Å². The maximum absolute atomic E-state index is 14.9. The van der Waals surface area contributed by atoms with Crippen LogP contribution in [-0.2, 0) is 9.53 Å². The third kappa shape index (κ3) is 5.49. The van der Waals surface area contributed by atoms with E-state index >= 15 is 0 Å². The predicted octanol–water partition coefficient (Wildman–Crippen LogP) is 4.45. The number of aromatic hydroxyl groups is 1. The Kier molecular flexibility index (Phi) is 6.88. The maximum Gasteiger partial charge on any atom is 0.411 e. The monoisotopic (exact) mass is 543 g/mol. The molecule has 2 amide bonds. The number of ether oxygens (including phenoxy) is 1. The van der Waals surface area contributed by atoms with Gasteiger partial charge in [0.15, 0.2) is 5.82 Å². The summed E-state index contributed by atoms with van der Waals surface area (Å²) >= 11 is 0. The number of piperidine rings is 2. The number of halogens is 2. The molecule has 3 saturated heterocycles. The molecule has 2 aromatic rings. The number of carbonyl (C=O) groups excluding carboxylic acids is 2. The van der Waals surface area contributed by atoms with Gasteiger partial charge in [0, 0.05) is 44.1 Å². The molecule has 1 aromatic carbocycles. The summed E-state index contributed by atoms with van der Waals surface area (Å²) in [6.07, 6.45) is 0.584. The van der Waals surface area contributed by atoms with Gasteiger partial charge in [-0.1, -0.05) is 6.07 Å². The van der Waals surface area contributed by atoms with E-state index < -0.39 is 29.7 Å². The molecule has 0 saturated carbocycles. The number of carbonyl (C=O) groups is 2. The SMILES string of the molecule is CN(c1ccc(-c2ccc([C@H]3CCNC(=O)C3)cc2O)nn1)[C@@H]1C[C@H]2CC(F)(F)[C@@H](C1)N2C(=O)OC(C)(C)C.